The van der Waals surface area contributed by atoms with E-state index in [0.717, 1.165) is 5.75 Å². The van der Waals surface area contributed by atoms with Gasteiger partial charge in [-0.05, 0) is 54.7 Å². The van der Waals surface area contributed by atoms with Crippen LogP contribution in [0.2, 0.25) is 39.3 Å². The highest BCUT2D eigenvalue weighted by Gasteiger charge is 2.16. The third-order valence-corrected chi connectivity index (χ3v) is 4.64. The van der Waals surface area contributed by atoms with E-state index in [1.807, 2.05) is 0 Å². The van der Waals surface area contributed by atoms with Crippen LogP contribution in [-0.4, -0.2) is 16.6 Å². The van der Waals surface area contributed by atoms with Crippen molar-refractivity contribution >= 4 is 33.0 Å². The molecular formula is C16H25NOSi2. The van der Waals surface area contributed by atoms with Crippen LogP contribution in [0.5, 0.6) is 5.75 Å². The predicted molar refractivity (Wildman–Crippen MR) is 94.9 cm³/mol. The molecule has 0 radical (unpaired) electrons. The van der Waals surface area contributed by atoms with Crippen molar-refractivity contribution < 1.29 is 4.43 Å². The van der Waals surface area contributed by atoms with Gasteiger partial charge in [0, 0.05) is 5.69 Å². The second-order valence-corrected chi connectivity index (χ2v) is 16.5. The minimum absolute atomic E-state index is 0.988. The van der Waals surface area contributed by atoms with Gasteiger partial charge in [-0.2, -0.15) is 0 Å². The van der Waals surface area contributed by atoms with Gasteiger partial charge >= 0.3 is 0 Å². The zero-order valence-electron chi connectivity index (χ0n) is 13.4. The van der Waals surface area contributed by atoms with Crippen LogP contribution in [0.25, 0.3) is 10.8 Å². The van der Waals surface area contributed by atoms with Crippen LogP contribution in [0.15, 0.2) is 36.4 Å². The summed E-state index contributed by atoms with van der Waals surface area (Å²) in [4.78, 5) is 3.64. The summed E-state index contributed by atoms with van der Waals surface area (Å²) < 4.78 is 6.05. The van der Waals surface area contributed by atoms with E-state index < -0.39 is 16.6 Å². The van der Waals surface area contributed by atoms with Crippen molar-refractivity contribution in [3.05, 3.63) is 36.4 Å². The van der Waals surface area contributed by atoms with Crippen LogP contribution in [0.3, 0.4) is 0 Å². The Labute approximate surface area is 124 Å². The molecule has 0 aliphatic carbocycles. The van der Waals surface area contributed by atoms with Crippen LogP contribution in [0.4, 0.5) is 5.69 Å². The molecule has 0 amide bonds. The highest BCUT2D eigenvalue weighted by Crippen LogP contribution is 2.26. The van der Waals surface area contributed by atoms with Gasteiger partial charge in [-0.3, -0.25) is 0 Å². The summed E-state index contributed by atoms with van der Waals surface area (Å²) in [6, 6.07) is 12.9. The first kappa shape index (κ1) is 15.1. The number of hydrogen-bond donors (Lipinski definition) is 1. The van der Waals surface area contributed by atoms with E-state index in [4.69, 9.17) is 4.43 Å². The number of nitrogens with one attached hydrogen (secondary N) is 1. The maximum Gasteiger partial charge on any atom is 0.242 e. The third-order valence-electron chi connectivity index (χ3n) is 2.76. The van der Waals surface area contributed by atoms with Crippen molar-refractivity contribution in [3.8, 4) is 5.75 Å². The molecule has 1 N–H and O–H groups in total. The highest BCUT2D eigenvalue weighted by molar-refractivity contribution is 6.79. The van der Waals surface area contributed by atoms with E-state index in [2.05, 4.69) is 80.7 Å². The normalized spacial score (nSPS) is 12.5. The molecule has 0 saturated heterocycles. The minimum Gasteiger partial charge on any atom is -0.544 e. The second-order valence-electron chi connectivity index (χ2n) is 7.31. The maximum absolute atomic E-state index is 6.05. The smallest absolute Gasteiger partial charge is 0.242 e. The number of benzene rings is 2. The molecule has 108 valence electrons. The monoisotopic (exact) mass is 303 g/mol. The zero-order valence-corrected chi connectivity index (χ0v) is 15.4. The van der Waals surface area contributed by atoms with E-state index in [0.29, 0.717) is 0 Å². The average Bonchev–Trinajstić information content (AvgIpc) is 2.25. The molecule has 2 nitrogen and oxygen atoms in total. The molecule has 0 unspecified atom stereocenters. The summed E-state index contributed by atoms with van der Waals surface area (Å²) >= 11 is 0. The quantitative estimate of drug-likeness (QED) is 0.774. The molecule has 0 heterocycles. The molecule has 0 aliphatic heterocycles. The second kappa shape index (κ2) is 5.26. The first-order chi connectivity index (χ1) is 9.12. The van der Waals surface area contributed by atoms with Gasteiger partial charge in [0.2, 0.25) is 8.32 Å². The summed E-state index contributed by atoms with van der Waals surface area (Å²) in [7, 11) is -2.83. The summed E-state index contributed by atoms with van der Waals surface area (Å²) in [6.45, 7) is 13.5. The van der Waals surface area contributed by atoms with Crippen molar-refractivity contribution in [1.82, 2.24) is 0 Å². The Hall–Kier alpha value is -1.27. The zero-order chi connectivity index (χ0) is 15.0. The van der Waals surface area contributed by atoms with E-state index in [-0.39, 0.29) is 0 Å². The molecule has 20 heavy (non-hydrogen) atoms. The van der Waals surface area contributed by atoms with Crippen molar-refractivity contribution in [2.45, 2.75) is 39.3 Å². The third kappa shape index (κ3) is 4.39. The molecule has 2 aromatic rings. The molecule has 0 aromatic heterocycles. The predicted octanol–water partition coefficient (Wildman–Crippen LogP) is 5.30. The minimum atomic E-state index is -1.53. The molecule has 0 atom stereocenters. The Balaban J connectivity index is 2.30. The molecule has 0 fully saturated rings. The van der Waals surface area contributed by atoms with E-state index >= 15 is 0 Å². The maximum atomic E-state index is 6.05. The van der Waals surface area contributed by atoms with Crippen LogP contribution >= 0.6 is 0 Å². The van der Waals surface area contributed by atoms with Gasteiger partial charge in [-0.1, -0.05) is 31.8 Å². The molecule has 0 saturated carbocycles. The Morgan fingerprint density at radius 3 is 2.00 bits per heavy atom. The Kier molecular flexibility index (Phi) is 3.98. The molecule has 2 rings (SSSR count). The Morgan fingerprint density at radius 1 is 0.800 bits per heavy atom. The van der Waals surface area contributed by atoms with Gasteiger partial charge in [0.15, 0.2) is 0 Å². The lowest BCUT2D eigenvalue weighted by Crippen LogP contribution is -2.32. The molecule has 0 aliphatic rings. The van der Waals surface area contributed by atoms with Crippen LogP contribution in [-0.2, 0) is 0 Å². The average molecular weight is 304 g/mol. The highest BCUT2D eigenvalue weighted by atomic mass is 28.4. The number of rotatable bonds is 4. The van der Waals surface area contributed by atoms with Gasteiger partial charge in [0.25, 0.3) is 0 Å². The van der Waals surface area contributed by atoms with Crippen LogP contribution in [0.1, 0.15) is 0 Å². The lowest BCUT2D eigenvalue weighted by molar-refractivity contribution is 0.558. The number of fused-ring (bicyclic) bond motifs is 1. The molecular weight excluding hydrogens is 278 g/mol. The van der Waals surface area contributed by atoms with Crippen molar-refractivity contribution in [3.63, 3.8) is 0 Å². The Morgan fingerprint density at radius 2 is 1.40 bits per heavy atom. The summed E-state index contributed by atoms with van der Waals surface area (Å²) in [5.74, 6) is 0.988. The summed E-state index contributed by atoms with van der Waals surface area (Å²) in [5, 5.41) is 2.50. The van der Waals surface area contributed by atoms with Crippen LogP contribution < -0.4 is 9.41 Å². The van der Waals surface area contributed by atoms with Crippen molar-refractivity contribution in [2.75, 3.05) is 4.98 Å². The lowest BCUT2D eigenvalue weighted by Gasteiger charge is -2.21. The number of anilines is 1. The van der Waals surface area contributed by atoms with Gasteiger partial charge < -0.3 is 9.41 Å². The first-order valence-electron chi connectivity index (χ1n) is 7.13. The molecule has 0 spiro atoms. The van der Waals surface area contributed by atoms with E-state index in [1.54, 1.807) is 0 Å². The number of hydrogen-bond acceptors (Lipinski definition) is 2. The van der Waals surface area contributed by atoms with Gasteiger partial charge in [0.05, 0.1) is 0 Å². The van der Waals surface area contributed by atoms with E-state index in [1.165, 1.54) is 16.5 Å². The topological polar surface area (TPSA) is 21.3 Å². The van der Waals surface area contributed by atoms with Crippen molar-refractivity contribution in [2.24, 2.45) is 0 Å². The fraction of sp³-hybridized carbons (Fsp3) is 0.375. The van der Waals surface area contributed by atoms with Gasteiger partial charge in [-0.25, -0.2) is 0 Å². The Bertz CT molecular complexity index is 557. The molecule has 2 aromatic carbocycles. The molecule has 4 heteroatoms. The van der Waals surface area contributed by atoms with E-state index in [9.17, 15) is 0 Å². The molecule has 0 bridgehead atoms. The SMILES string of the molecule is C[Si](C)(C)Nc1ccc2cc(O[Si](C)(C)C)ccc2c1. The fourth-order valence-corrected chi connectivity index (χ4v) is 4.01. The largest absolute Gasteiger partial charge is 0.544 e. The first-order valence-corrected chi connectivity index (χ1v) is 14.0. The fourth-order valence-electron chi connectivity index (χ4n) is 2.15. The van der Waals surface area contributed by atoms with Gasteiger partial charge in [-0.15, -0.1) is 0 Å². The summed E-state index contributed by atoms with van der Waals surface area (Å²) in [6.07, 6.45) is 0. The standard InChI is InChI=1S/C16H25NOSi2/c1-19(2,3)17-15-9-7-14-12-16(18-20(4,5)6)10-8-13(14)11-15/h7-12,17H,1-6H3. The van der Waals surface area contributed by atoms with Crippen LogP contribution in [0, 0.1) is 0 Å². The van der Waals surface area contributed by atoms with Crippen molar-refractivity contribution in [1.29, 1.82) is 0 Å². The lowest BCUT2D eigenvalue weighted by atomic mass is 10.1. The van der Waals surface area contributed by atoms with Gasteiger partial charge in [0.1, 0.15) is 14.0 Å². The summed E-state index contributed by atoms with van der Waals surface area (Å²) in [5.41, 5.74) is 1.22.